The van der Waals surface area contributed by atoms with Crippen LogP contribution >= 0.6 is 0 Å². The molecule has 94 valence electrons. The first-order chi connectivity index (χ1) is 7.63. The summed E-state index contributed by atoms with van der Waals surface area (Å²) < 4.78 is 0. The topological polar surface area (TPSA) is 23.5 Å². The molecule has 2 nitrogen and oxygen atoms in total. The van der Waals surface area contributed by atoms with E-state index in [1.807, 2.05) is 0 Å². The molecule has 2 rings (SSSR count). The molecule has 1 saturated carbocycles. The van der Waals surface area contributed by atoms with Gasteiger partial charge in [-0.1, -0.05) is 26.7 Å². The predicted octanol–water partition coefficient (Wildman–Crippen LogP) is 2.66. The second kappa shape index (κ2) is 5.05. The van der Waals surface area contributed by atoms with Crippen LogP contribution in [-0.2, 0) is 0 Å². The van der Waals surface area contributed by atoms with Gasteiger partial charge in [-0.2, -0.15) is 0 Å². The number of rotatable bonds is 3. The monoisotopic (exact) mass is 225 g/mol. The van der Waals surface area contributed by atoms with Gasteiger partial charge in [-0.25, -0.2) is 0 Å². The van der Waals surface area contributed by atoms with Crippen LogP contribution in [0, 0.1) is 11.3 Å². The first kappa shape index (κ1) is 12.4. The van der Waals surface area contributed by atoms with Gasteiger partial charge < -0.3 is 5.11 Å². The van der Waals surface area contributed by atoms with Crippen LogP contribution in [0.4, 0.5) is 0 Å². The minimum Gasteiger partial charge on any atom is -0.396 e. The minimum absolute atomic E-state index is 0.359. The zero-order chi connectivity index (χ0) is 11.6. The van der Waals surface area contributed by atoms with Crippen molar-refractivity contribution in [2.75, 3.05) is 19.7 Å². The summed E-state index contributed by atoms with van der Waals surface area (Å²) >= 11 is 0. The van der Waals surface area contributed by atoms with Crippen molar-refractivity contribution in [2.45, 2.75) is 58.4 Å². The molecule has 0 aromatic carbocycles. The van der Waals surface area contributed by atoms with Gasteiger partial charge in [0.2, 0.25) is 0 Å². The number of piperidine rings is 1. The van der Waals surface area contributed by atoms with Gasteiger partial charge in [-0.15, -0.1) is 0 Å². The molecule has 0 radical (unpaired) electrons. The standard InChI is InChI=1S/C14H27NO/c1-14(2)11-15(13-5-3-4-6-13)9-7-12(14)8-10-16/h12-13,16H,3-11H2,1-2H3. The van der Waals surface area contributed by atoms with Crippen LogP contribution in [0.3, 0.4) is 0 Å². The van der Waals surface area contributed by atoms with Crippen molar-refractivity contribution in [3.63, 3.8) is 0 Å². The fourth-order valence-corrected chi connectivity index (χ4v) is 3.72. The Kier molecular flexibility index (Phi) is 3.91. The van der Waals surface area contributed by atoms with Crippen molar-refractivity contribution in [1.29, 1.82) is 0 Å². The largest absolute Gasteiger partial charge is 0.396 e. The van der Waals surface area contributed by atoms with E-state index in [1.165, 1.54) is 45.2 Å². The summed E-state index contributed by atoms with van der Waals surface area (Å²) in [5.41, 5.74) is 0.392. The number of likely N-dealkylation sites (tertiary alicyclic amines) is 1. The SMILES string of the molecule is CC1(C)CN(C2CCCC2)CCC1CCO. The molecular weight excluding hydrogens is 198 g/mol. The Morgan fingerprint density at radius 1 is 1.19 bits per heavy atom. The van der Waals surface area contributed by atoms with Crippen molar-refractivity contribution in [2.24, 2.45) is 11.3 Å². The molecule has 1 saturated heterocycles. The van der Waals surface area contributed by atoms with Crippen LogP contribution < -0.4 is 0 Å². The summed E-state index contributed by atoms with van der Waals surface area (Å²) in [4.78, 5) is 2.72. The van der Waals surface area contributed by atoms with E-state index in [2.05, 4.69) is 18.7 Å². The van der Waals surface area contributed by atoms with Gasteiger partial charge in [0, 0.05) is 19.2 Å². The molecule has 1 heterocycles. The van der Waals surface area contributed by atoms with E-state index >= 15 is 0 Å². The van der Waals surface area contributed by atoms with Gasteiger partial charge in [0.25, 0.3) is 0 Å². The molecule has 2 heteroatoms. The normalized spacial score (nSPS) is 32.1. The van der Waals surface area contributed by atoms with E-state index in [0.29, 0.717) is 12.0 Å². The van der Waals surface area contributed by atoms with Gasteiger partial charge in [0.05, 0.1) is 0 Å². The van der Waals surface area contributed by atoms with E-state index in [9.17, 15) is 0 Å². The van der Waals surface area contributed by atoms with Crippen LogP contribution in [-0.4, -0.2) is 35.7 Å². The molecule has 0 spiro atoms. The molecule has 1 aliphatic carbocycles. The lowest BCUT2D eigenvalue weighted by atomic mass is 9.72. The van der Waals surface area contributed by atoms with E-state index in [-0.39, 0.29) is 0 Å². The predicted molar refractivity (Wildman–Crippen MR) is 67.4 cm³/mol. The third-order valence-corrected chi connectivity index (χ3v) is 4.80. The maximum absolute atomic E-state index is 9.11. The summed E-state index contributed by atoms with van der Waals surface area (Å²) in [5, 5.41) is 9.11. The fourth-order valence-electron chi connectivity index (χ4n) is 3.72. The Hall–Kier alpha value is -0.0800. The molecule has 1 atom stereocenters. The van der Waals surface area contributed by atoms with Crippen molar-refractivity contribution in [3.8, 4) is 0 Å². The second-order valence-corrected chi connectivity index (χ2v) is 6.40. The van der Waals surface area contributed by atoms with Crippen LogP contribution in [0.5, 0.6) is 0 Å². The molecule has 2 fully saturated rings. The van der Waals surface area contributed by atoms with Crippen LogP contribution in [0.2, 0.25) is 0 Å². The molecule has 0 amide bonds. The smallest absolute Gasteiger partial charge is 0.0433 e. The number of aliphatic hydroxyl groups is 1. The molecule has 16 heavy (non-hydrogen) atoms. The number of hydrogen-bond donors (Lipinski definition) is 1. The molecule has 0 bridgehead atoms. The van der Waals surface area contributed by atoms with Crippen LogP contribution in [0.25, 0.3) is 0 Å². The minimum atomic E-state index is 0.359. The van der Waals surface area contributed by atoms with E-state index < -0.39 is 0 Å². The highest BCUT2D eigenvalue weighted by Crippen LogP contribution is 2.39. The lowest BCUT2D eigenvalue weighted by Gasteiger charge is -2.46. The number of nitrogens with zero attached hydrogens (tertiary/aromatic N) is 1. The van der Waals surface area contributed by atoms with Gasteiger partial charge in [0.15, 0.2) is 0 Å². The average Bonchev–Trinajstić information content (AvgIpc) is 2.74. The fraction of sp³-hybridized carbons (Fsp3) is 1.00. The summed E-state index contributed by atoms with van der Waals surface area (Å²) in [7, 11) is 0. The van der Waals surface area contributed by atoms with Crippen LogP contribution in [0.15, 0.2) is 0 Å². The Labute approximate surface area is 100 Å². The highest BCUT2D eigenvalue weighted by molar-refractivity contribution is 4.90. The Morgan fingerprint density at radius 3 is 2.44 bits per heavy atom. The van der Waals surface area contributed by atoms with Gasteiger partial charge >= 0.3 is 0 Å². The molecule has 0 aromatic rings. The second-order valence-electron chi connectivity index (χ2n) is 6.40. The molecular formula is C14H27NO. The van der Waals surface area contributed by atoms with Crippen molar-refractivity contribution in [1.82, 2.24) is 4.90 Å². The maximum atomic E-state index is 9.11. The molecule has 2 aliphatic rings. The van der Waals surface area contributed by atoms with Crippen LogP contribution in [0.1, 0.15) is 52.4 Å². The van der Waals surface area contributed by atoms with Gasteiger partial charge in [0.1, 0.15) is 0 Å². The van der Waals surface area contributed by atoms with E-state index in [0.717, 1.165) is 18.4 Å². The first-order valence-corrected chi connectivity index (χ1v) is 6.98. The number of aliphatic hydroxyl groups excluding tert-OH is 1. The third kappa shape index (κ3) is 2.60. The molecule has 1 aliphatic heterocycles. The van der Waals surface area contributed by atoms with Crippen molar-refractivity contribution in [3.05, 3.63) is 0 Å². The van der Waals surface area contributed by atoms with Gasteiger partial charge in [-0.05, 0) is 43.6 Å². The van der Waals surface area contributed by atoms with Crippen molar-refractivity contribution < 1.29 is 5.11 Å². The lowest BCUT2D eigenvalue weighted by molar-refractivity contribution is 0.0184. The third-order valence-electron chi connectivity index (χ3n) is 4.80. The molecule has 1 unspecified atom stereocenters. The number of hydrogen-bond acceptors (Lipinski definition) is 2. The Balaban J connectivity index is 1.92. The highest BCUT2D eigenvalue weighted by Gasteiger charge is 2.37. The lowest BCUT2D eigenvalue weighted by Crippen LogP contribution is -2.49. The zero-order valence-electron chi connectivity index (χ0n) is 10.9. The maximum Gasteiger partial charge on any atom is 0.0433 e. The highest BCUT2D eigenvalue weighted by atomic mass is 16.3. The zero-order valence-corrected chi connectivity index (χ0v) is 10.9. The quantitative estimate of drug-likeness (QED) is 0.798. The first-order valence-electron chi connectivity index (χ1n) is 6.98. The van der Waals surface area contributed by atoms with Gasteiger partial charge in [-0.3, -0.25) is 4.90 Å². The average molecular weight is 225 g/mol. The summed E-state index contributed by atoms with van der Waals surface area (Å²) in [6.45, 7) is 7.63. The van der Waals surface area contributed by atoms with E-state index in [4.69, 9.17) is 5.11 Å². The van der Waals surface area contributed by atoms with Crippen molar-refractivity contribution >= 4 is 0 Å². The Morgan fingerprint density at radius 2 is 1.88 bits per heavy atom. The molecule has 0 aromatic heterocycles. The summed E-state index contributed by atoms with van der Waals surface area (Å²) in [6.07, 6.45) is 7.97. The molecule has 1 N–H and O–H groups in total. The Bertz CT molecular complexity index is 221. The van der Waals surface area contributed by atoms with E-state index in [1.54, 1.807) is 0 Å². The summed E-state index contributed by atoms with van der Waals surface area (Å²) in [5.74, 6) is 0.718. The summed E-state index contributed by atoms with van der Waals surface area (Å²) in [6, 6.07) is 0.870.